The van der Waals surface area contributed by atoms with Crippen LogP contribution in [0.2, 0.25) is 0 Å². The molecule has 8 nitrogen and oxygen atoms in total. The van der Waals surface area contributed by atoms with Crippen LogP contribution in [-0.2, 0) is 9.53 Å². The SMILES string of the molecule is O=C1NC[C@H]2O[C@H](CCOc3ccccc3C(=O)N3CCN(C4CCCC4)C[C@@H]13)CC[C@@H]2O. The number of aliphatic hydroxyl groups excluding tert-OH is 1. The molecule has 0 spiro atoms. The zero-order valence-electron chi connectivity index (χ0n) is 19.2. The average molecular weight is 458 g/mol. The number of fused-ring (bicyclic) bond motifs is 4. The summed E-state index contributed by atoms with van der Waals surface area (Å²) in [6.07, 6.45) is 5.75. The Bertz CT molecular complexity index is 858. The van der Waals surface area contributed by atoms with Crippen LogP contribution in [0, 0.1) is 0 Å². The molecule has 2 bridgehead atoms. The number of rotatable bonds is 1. The molecule has 1 saturated carbocycles. The van der Waals surface area contributed by atoms with Crippen LogP contribution in [0.25, 0.3) is 0 Å². The number of nitrogens with one attached hydrogen (secondary N) is 1. The Morgan fingerprint density at radius 1 is 1.00 bits per heavy atom. The third-order valence-electron chi connectivity index (χ3n) is 7.69. The van der Waals surface area contributed by atoms with Gasteiger partial charge in [-0.05, 0) is 37.8 Å². The Hall–Kier alpha value is -2.16. The molecule has 3 aliphatic heterocycles. The third kappa shape index (κ3) is 4.88. The lowest BCUT2D eigenvalue weighted by atomic mass is 9.99. The van der Waals surface area contributed by atoms with Crippen LogP contribution >= 0.6 is 0 Å². The van der Waals surface area contributed by atoms with E-state index in [1.165, 1.54) is 12.8 Å². The summed E-state index contributed by atoms with van der Waals surface area (Å²) in [5.41, 5.74) is 0.500. The predicted octanol–water partition coefficient (Wildman–Crippen LogP) is 1.56. The molecule has 2 N–H and O–H groups in total. The van der Waals surface area contributed by atoms with Crippen LogP contribution in [0.1, 0.15) is 55.3 Å². The van der Waals surface area contributed by atoms with Gasteiger partial charge in [0.15, 0.2) is 0 Å². The van der Waals surface area contributed by atoms with Crippen molar-refractivity contribution in [2.45, 2.75) is 75.3 Å². The molecule has 0 radical (unpaired) electrons. The van der Waals surface area contributed by atoms with Crippen LogP contribution < -0.4 is 10.1 Å². The number of carbonyl (C=O) groups excluding carboxylic acids is 2. The number of hydrogen-bond donors (Lipinski definition) is 2. The van der Waals surface area contributed by atoms with Crippen LogP contribution in [-0.4, -0.2) is 89.9 Å². The molecule has 8 heteroatoms. The topological polar surface area (TPSA) is 91.3 Å². The van der Waals surface area contributed by atoms with E-state index in [2.05, 4.69) is 10.2 Å². The monoisotopic (exact) mass is 457 g/mol. The van der Waals surface area contributed by atoms with E-state index in [-0.39, 0.29) is 24.5 Å². The van der Waals surface area contributed by atoms with Crippen molar-refractivity contribution in [3.63, 3.8) is 0 Å². The minimum atomic E-state index is -0.602. The molecule has 1 aromatic carbocycles. The summed E-state index contributed by atoms with van der Waals surface area (Å²) in [7, 11) is 0. The quantitative estimate of drug-likeness (QED) is 0.665. The molecule has 0 unspecified atom stereocenters. The standard InChI is InChI=1S/C25H35N3O5/c29-21-10-9-18-11-14-32-22-8-4-3-7-19(22)25(31)28-13-12-27(17-5-1-2-6-17)16-20(28)24(30)26-15-23(21)33-18/h3-4,7-8,17-18,20-21,23,29H,1-2,5-6,9-16H2,(H,26,30)/t18-,20-,21-,23+/m0/s1. The van der Waals surface area contributed by atoms with Crippen molar-refractivity contribution in [3.05, 3.63) is 29.8 Å². The van der Waals surface area contributed by atoms with E-state index in [9.17, 15) is 14.7 Å². The molecule has 0 aromatic heterocycles. The Balaban J connectivity index is 1.43. The average Bonchev–Trinajstić information content (AvgIpc) is 3.38. The van der Waals surface area contributed by atoms with Crippen molar-refractivity contribution >= 4 is 11.8 Å². The van der Waals surface area contributed by atoms with Crippen LogP contribution in [0.5, 0.6) is 5.75 Å². The van der Waals surface area contributed by atoms with Crippen molar-refractivity contribution in [1.29, 1.82) is 0 Å². The van der Waals surface area contributed by atoms with E-state index >= 15 is 0 Å². The number of carbonyl (C=O) groups is 2. The molecule has 180 valence electrons. The molecular formula is C25H35N3O5. The van der Waals surface area contributed by atoms with Gasteiger partial charge in [0, 0.05) is 38.6 Å². The first kappa shape index (κ1) is 22.6. The van der Waals surface area contributed by atoms with E-state index < -0.39 is 18.2 Å². The van der Waals surface area contributed by atoms with Crippen molar-refractivity contribution in [2.75, 3.05) is 32.8 Å². The molecular weight excluding hydrogens is 422 g/mol. The molecule has 5 rings (SSSR count). The maximum Gasteiger partial charge on any atom is 0.258 e. The molecule has 1 aliphatic carbocycles. The number of ether oxygens (including phenoxy) is 2. The predicted molar refractivity (Wildman–Crippen MR) is 122 cm³/mol. The smallest absolute Gasteiger partial charge is 0.258 e. The third-order valence-corrected chi connectivity index (χ3v) is 7.69. The fraction of sp³-hybridized carbons (Fsp3) is 0.680. The van der Waals surface area contributed by atoms with E-state index in [0.29, 0.717) is 49.9 Å². The summed E-state index contributed by atoms with van der Waals surface area (Å²) in [6.45, 7) is 2.49. The summed E-state index contributed by atoms with van der Waals surface area (Å²) >= 11 is 0. The Morgan fingerprint density at radius 3 is 2.67 bits per heavy atom. The highest BCUT2D eigenvalue weighted by molar-refractivity contribution is 6.00. The highest BCUT2D eigenvalue weighted by Crippen LogP contribution is 2.29. The van der Waals surface area contributed by atoms with Crippen molar-refractivity contribution in [2.24, 2.45) is 0 Å². The van der Waals surface area contributed by atoms with Crippen molar-refractivity contribution in [1.82, 2.24) is 15.1 Å². The number of piperazine rings is 1. The van der Waals surface area contributed by atoms with Crippen LogP contribution in [0.4, 0.5) is 0 Å². The minimum Gasteiger partial charge on any atom is -0.493 e. The van der Waals surface area contributed by atoms with Crippen LogP contribution in [0.3, 0.4) is 0 Å². The second-order valence-corrected chi connectivity index (χ2v) is 9.77. The van der Waals surface area contributed by atoms with Crippen molar-refractivity contribution < 1.29 is 24.2 Å². The van der Waals surface area contributed by atoms with Crippen LogP contribution in [0.15, 0.2) is 24.3 Å². The maximum absolute atomic E-state index is 13.6. The van der Waals surface area contributed by atoms with Gasteiger partial charge < -0.3 is 24.8 Å². The summed E-state index contributed by atoms with van der Waals surface area (Å²) < 4.78 is 12.1. The van der Waals surface area contributed by atoms with E-state index in [1.54, 1.807) is 11.0 Å². The second-order valence-electron chi connectivity index (χ2n) is 9.77. The fourth-order valence-electron chi connectivity index (χ4n) is 5.76. The van der Waals surface area contributed by atoms with Gasteiger partial charge in [0.25, 0.3) is 5.91 Å². The molecule has 3 fully saturated rings. The first-order valence-corrected chi connectivity index (χ1v) is 12.5. The largest absolute Gasteiger partial charge is 0.493 e. The lowest BCUT2D eigenvalue weighted by Crippen LogP contribution is -2.62. The summed E-state index contributed by atoms with van der Waals surface area (Å²) in [6, 6.07) is 7.20. The van der Waals surface area contributed by atoms with E-state index in [1.807, 2.05) is 18.2 Å². The number of hydrogen-bond acceptors (Lipinski definition) is 6. The molecule has 4 atom stereocenters. The second kappa shape index (κ2) is 9.99. The molecule has 33 heavy (non-hydrogen) atoms. The zero-order valence-corrected chi connectivity index (χ0v) is 19.2. The Labute approximate surface area is 195 Å². The summed E-state index contributed by atoms with van der Waals surface area (Å²) in [4.78, 5) is 31.1. The van der Waals surface area contributed by atoms with Gasteiger partial charge in [0.2, 0.25) is 5.91 Å². The molecule has 3 heterocycles. The first-order valence-electron chi connectivity index (χ1n) is 12.5. The van der Waals surface area contributed by atoms with Gasteiger partial charge in [-0.1, -0.05) is 25.0 Å². The lowest BCUT2D eigenvalue weighted by Gasteiger charge is -2.43. The Kier molecular flexibility index (Phi) is 6.85. The number of nitrogens with zero attached hydrogens (tertiary/aromatic N) is 2. The Morgan fingerprint density at radius 2 is 1.82 bits per heavy atom. The number of aliphatic hydroxyl groups is 1. The van der Waals surface area contributed by atoms with Gasteiger partial charge in [-0.25, -0.2) is 0 Å². The number of benzene rings is 1. The van der Waals surface area contributed by atoms with Gasteiger partial charge in [-0.2, -0.15) is 0 Å². The van der Waals surface area contributed by atoms with E-state index in [4.69, 9.17) is 9.47 Å². The van der Waals surface area contributed by atoms with Crippen molar-refractivity contribution in [3.8, 4) is 5.75 Å². The van der Waals surface area contributed by atoms with E-state index in [0.717, 1.165) is 25.8 Å². The van der Waals surface area contributed by atoms with Gasteiger partial charge >= 0.3 is 0 Å². The summed E-state index contributed by atoms with van der Waals surface area (Å²) in [5.74, 6) is 0.203. The molecule has 2 amide bonds. The van der Waals surface area contributed by atoms with Gasteiger partial charge in [-0.15, -0.1) is 0 Å². The summed E-state index contributed by atoms with van der Waals surface area (Å²) in [5, 5.41) is 13.4. The molecule has 1 aromatic rings. The first-order chi connectivity index (χ1) is 16.1. The minimum absolute atomic E-state index is 0.0369. The maximum atomic E-state index is 13.6. The highest BCUT2D eigenvalue weighted by atomic mass is 16.5. The normalized spacial score (nSPS) is 32.3. The number of para-hydroxylation sites is 1. The zero-order chi connectivity index (χ0) is 22.8. The van der Waals surface area contributed by atoms with Gasteiger partial charge in [0.05, 0.1) is 24.4 Å². The fourth-order valence-corrected chi connectivity index (χ4v) is 5.76. The van der Waals surface area contributed by atoms with Gasteiger partial charge in [0.1, 0.15) is 17.9 Å². The molecule has 4 aliphatic rings. The molecule has 2 saturated heterocycles. The van der Waals surface area contributed by atoms with Gasteiger partial charge in [-0.3, -0.25) is 14.5 Å². The highest BCUT2D eigenvalue weighted by Gasteiger charge is 2.40. The number of amides is 2. The lowest BCUT2D eigenvalue weighted by molar-refractivity contribution is -0.135.